The van der Waals surface area contributed by atoms with E-state index in [0.29, 0.717) is 17.6 Å². The second kappa shape index (κ2) is 7.04. The number of nitro benzene ring substituents is 1. The number of halogens is 1. The van der Waals surface area contributed by atoms with Crippen molar-refractivity contribution in [2.75, 3.05) is 7.05 Å². The highest BCUT2D eigenvalue weighted by Crippen LogP contribution is 2.26. The average molecular weight is 297 g/mol. The maximum absolute atomic E-state index is 10.8. The van der Waals surface area contributed by atoms with Crippen LogP contribution in [0.2, 0.25) is 5.02 Å². The predicted octanol–water partition coefficient (Wildman–Crippen LogP) is 4.40. The van der Waals surface area contributed by atoms with Gasteiger partial charge in [0.05, 0.1) is 4.92 Å². The van der Waals surface area contributed by atoms with Crippen LogP contribution >= 0.6 is 11.6 Å². The largest absolute Gasteiger partial charge is 0.299 e. The van der Waals surface area contributed by atoms with Gasteiger partial charge in [-0.1, -0.05) is 37.3 Å². The van der Waals surface area contributed by atoms with Crippen LogP contribution < -0.4 is 0 Å². The Balaban J connectivity index is 2.07. The van der Waals surface area contributed by atoms with Gasteiger partial charge >= 0.3 is 0 Å². The molecule has 5 heteroatoms. The van der Waals surface area contributed by atoms with Crippen molar-refractivity contribution in [3.8, 4) is 0 Å². The first-order valence-electron chi connectivity index (χ1n) is 7.21. The summed E-state index contributed by atoms with van der Waals surface area (Å²) in [5.74, 6) is 0. The van der Waals surface area contributed by atoms with Gasteiger partial charge in [-0.25, -0.2) is 0 Å². The zero-order chi connectivity index (χ0) is 14.5. The zero-order valence-electron chi connectivity index (χ0n) is 11.8. The van der Waals surface area contributed by atoms with Crippen molar-refractivity contribution in [2.45, 2.75) is 51.1 Å². The summed E-state index contributed by atoms with van der Waals surface area (Å²) in [7, 11) is 2.09. The van der Waals surface area contributed by atoms with E-state index in [1.165, 1.54) is 44.6 Å². The number of rotatable bonds is 4. The predicted molar refractivity (Wildman–Crippen MR) is 81.1 cm³/mol. The minimum Gasteiger partial charge on any atom is -0.299 e. The average Bonchev–Trinajstić information content (AvgIpc) is 2.70. The highest BCUT2D eigenvalue weighted by atomic mass is 35.5. The standard InChI is InChI=1S/C15H21ClN2O2/c1-17(13-6-4-2-3-5-7-13)11-12-10-14(18(19)20)8-9-15(12)16/h8-10,13H,2-7,11H2,1H3. The normalized spacial score (nSPS) is 17.1. The second-order valence-electron chi connectivity index (χ2n) is 5.59. The molecule has 0 spiro atoms. The summed E-state index contributed by atoms with van der Waals surface area (Å²) in [6, 6.07) is 5.23. The Labute approximate surface area is 124 Å². The first-order valence-corrected chi connectivity index (χ1v) is 7.59. The maximum atomic E-state index is 10.8. The summed E-state index contributed by atoms with van der Waals surface area (Å²) in [5, 5.41) is 11.5. The lowest BCUT2D eigenvalue weighted by atomic mass is 10.1. The molecular formula is C15H21ClN2O2. The number of nitro groups is 1. The highest BCUT2D eigenvalue weighted by Gasteiger charge is 2.19. The van der Waals surface area contributed by atoms with E-state index >= 15 is 0 Å². The van der Waals surface area contributed by atoms with Crippen molar-refractivity contribution in [3.05, 3.63) is 38.9 Å². The Morgan fingerprint density at radius 3 is 2.55 bits per heavy atom. The molecule has 20 heavy (non-hydrogen) atoms. The number of hydrogen-bond acceptors (Lipinski definition) is 3. The van der Waals surface area contributed by atoms with Crippen molar-refractivity contribution in [1.29, 1.82) is 0 Å². The van der Waals surface area contributed by atoms with Crippen molar-refractivity contribution in [3.63, 3.8) is 0 Å². The minimum absolute atomic E-state index is 0.110. The van der Waals surface area contributed by atoms with Crippen molar-refractivity contribution in [2.24, 2.45) is 0 Å². The molecule has 2 rings (SSSR count). The fourth-order valence-corrected chi connectivity index (χ4v) is 3.07. The third kappa shape index (κ3) is 3.93. The topological polar surface area (TPSA) is 46.4 Å². The van der Waals surface area contributed by atoms with Crippen LogP contribution in [0.25, 0.3) is 0 Å². The molecule has 0 radical (unpaired) electrons. The van der Waals surface area contributed by atoms with Crippen molar-refractivity contribution in [1.82, 2.24) is 4.90 Å². The summed E-state index contributed by atoms with van der Waals surface area (Å²) >= 11 is 6.17. The zero-order valence-corrected chi connectivity index (χ0v) is 12.6. The molecule has 0 bridgehead atoms. The van der Waals surface area contributed by atoms with Gasteiger partial charge in [-0.3, -0.25) is 15.0 Å². The summed E-state index contributed by atoms with van der Waals surface area (Å²) in [5.41, 5.74) is 0.950. The summed E-state index contributed by atoms with van der Waals surface area (Å²) in [6.45, 7) is 0.672. The lowest BCUT2D eigenvalue weighted by Crippen LogP contribution is -2.30. The van der Waals surface area contributed by atoms with Crippen LogP contribution in [0.1, 0.15) is 44.1 Å². The van der Waals surface area contributed by atoms with Gasteiger partial charge in [0, 0.05) is 29.7 Å². The van der Waals surface area contributed by atoms with Crippen LogP contribution in [-0.2, 0) is 6.54 Å². The molecule has 110 valence electrons. The van der Waals surface area contributed by atoms with E-state index in [2.05, 4.69) is 11.9 Å². The Hall–Kier alpha value is -1.13. The molecule has 0 amide bonds. The van der Waals surface area contributed by atoms with Gasteiger partial charge in [-0.2, -0.15) is 0 Å². The molecule has 0 heterocycles. The van der Waals surface area contributed by atoms with Gasteiger partial charge < -0.3 is 0 Å². The lowest BCUT2D eigenvalue weighted by molar-refractivity contribution is -0.384. The molecule has 1 aromatic carbocycles. The van der Waals surface area contributed by atoms with E-state index in [1.54, 1.807) is 12.1 Å². The smallest absolute Gasteiger partial charge is 0.269 e. The number of non-ortho nitro benzene ring substituents is 1. The molecule has 1 saturated carbocycles. The molecule has 0 N–H and O–H groups in total. The van der Waals surface area contributed by atoms with Crippen LogP contribution in [-0.4, -0.2) is 22.9 Å². The maximum Gasteiger partial charge on any atom is 0.269 e. The van der Waals surface area contributed by atoms with E-state index in [0.717, 1.165) is 5.56 Å². The van der Waals surface area contributed by atoms with Crippen LogP contribution in [0.4, 0.5) is 5.69 Å². The minimum atomic E-state index is -0.370. The molecular weight excluding hydrogens is 276 g/mol. The third-order valence-corrected chi connectivity index (χ3v) is 4.48. The molecule has 4 nitrogen and oxygen atoms in total. The first-order chi connectivity index (χ1) is 9.58. The summed E-state index contributed by atoms with van der Waals surface area (Å²) in [4.78, 5) is 12.8. The SMILES string of the molecule is CN(Cc1cc([N+](=O)[O-])ccc1Cl)C1CCCCCC1. The van der Waals surface area contributed by atoms with E-state index in [-0.39, 0.29) is 10.6 Å². The van der Waals surface area contributed by atoms with Crippen LogP contribution in [0.5, 0.6) is 0 Å². The Bertz CT molecular complexity index is 471. The monoisotopic (exact) mass is 296 g/mol. The number of hydrogen-bond donors (Lipinski definition) is 0. The van der Waals surface area contributed by atoms with Gasteiger partial charge in [-0.05, 0) is 31.5 Å². The molecule has 0 unspecified atom stereocenters. The number of benzene rings is 1. The summed E-state index contributed by atoms with van der Waals surface area (Å²) < 4.78 is 0. The molecule has 0 aliphatic heterocycles. The molecule has 1 aromatic rings. The molecule has 0 aromatic heterocycles. The van der Waals surface area contributed by atoms with Gasteiger partial charge in [-0.15, -0.1) is 0 Å². The van der Waals surface area contributed by atoms with Crippen LogP contribution in [0.15, 0.2) is 18.2 Å². The van der Waals surface area contributed by atoms with Crippen molar-refractivity contribution >= 4 is 17.3 Å². The van der Waals surface area contributed by atoms with E-state index in [9.17, 15) is 10.1 Å². The quantitative estimate of drug-likeness (QED) is 0.470. The van der Waals surface area contributed by atoms with E-state index in [4.69, 9.17) is 11.6 Å². The molecule has 0 atom stereocenters. The fraction of sp³-hybridized carbons (Fsp3) is 0.600. The first kappa shape index (κ1) is 15.3. The number of nitrogens with zero attached hydrogens (tertiary/aromatic N) is 2. The lowest BCUT2D eigenvalue weighted by Gasteiger charge is -2.27. The Morgan fingerprint density at radius 1 is 1.30 bits per heavy atom. The summed E-state index contributed by atoms with van der Waals surface area (Å²) in [6.07, 6.45) is 7.62. The Morgan fingerprint density at radius 2 is 1.95 bits per heavy atom. The van der Waals surface area contributed by atoms with Gasteiger partial charge in [0.2, 0.25) is 0 Å². The molecule has 1 fully saturated rings. The fourth-order valence-electron chi connectivity index (χ4n) is 2.89. The second-order valence-corrected chi connectivity index (χ2v) is 6.00. The molecule has 0 saturated heterocycles. The van der Waals surface area contributed by atoms with Gasteiger partial charge in [0.25, 0.3) is 5.69 Å². The van der Waals surface area contributed by atoms with Crippen LogP contribution in [0.3, 0.4) is 0 Å². The van der Waals surface area contributed by atoms with Gasteiger partial charge in [0.15, 0.2) is 0 Å². The van der Waals surface area contributed by atoms with Crippen LogP contribution in [0, 0.1) is 10.1 Å². The van der Waals surface area contributed by atoms with Crippen molar-refractivity contribution < 1.29 is 4.92 Å². The highest BCUT2D eigenvalue weighted by molar-refractivity contribution is 6.31. The Kier molecular flexibility index (Phi) is 5.38. The van der Waals surface area contributed by atoms with Gasteiger partial charge in [0.1, 0.15) is 0 Å². The van der Waals surface area contributed by atoms with E-state index in [1.807, 2.05) is 0 Å². The third-order valence-electron chi connectivity index (χ3n) is 4.11. The molecule has 1 aliphatic rings. The molecule has 1 aliphatic carbocycles. The van der Waals surface area contributed by atoms with E-state index < -0.39 is 0 Å².